The van der Waals surface area contributed by atoms with Crippen molar-refractivity contribution in [1.82, 2.24) is 5.32 Å². The Morgan fingerprint density at radius 2 is 2.06 bits per heavy atom. The van der Waals surface area contributed by atoms with E-state index in [4.69, 9.17) is 9.47 Å². The standard InChI is InChI=1S/C12H17F2NO2/c1-3-15-7-10(8-16-2)17-9-4-5-11(13)12(14)6-9/h4-6,10,15H,3,7-8H2,1-2H3. The summed E-state index contributed by atoms with van der Waals surface area (Å²) in [4.78, 5) is 0. The first-order valence-electron chi connectivity index (χ1n) is 5.48. The van der Waals surface area contributed by atoms with Crippen LogP contribution in [0.25, 0.3) is 0 Å². The highest BCUT2D eigenvalue weighted by molar-refractivity contribution is 5.23. The summed E-state index contributed by atoms with van der Waals surface area (Å²) >= 11 is 0. The summed E-state index contributed by atoms with van der Waals surface area (Å²) in [7, 11) is 1.56. The maximum absolute atomic E-state index is 13.0. The summed E-state index contributed by atoms with van der Waals surface area (Å²) in [6.07, 6.45) is -0.232. The second-order valence-corrected chi connectivity index (χ2v) is 3.58. The third-order valence-electron chi connectivity index (χ3n) is 2.17. The zero-order chi connectivity index (χ0) is 12.7. The lowest BCUT2D eigenvalue weighted by Crippen LogP contribution is -2.34. The smallest absolute Gasteiger partial charge is 0.162 e. The Kier molecular flexibility index (Phi) is 5.86. The minimum Gasteiger partial charge on any atom is -0.487 e. The van der Waals surface area contributed by atoms with E-state index >= 15 is 0 Å². The van der Waals surface area contributed by atoms with Crippen LogP contribution >= 0.6 is 0 Å². The van der Waals surface area contributed by atoms with Crippen molar-refractivity contribution < 1.29 is 18.3 Å². The van der Waals surface area contributed by atoms with Gasteiger partial charge in [0.25, 0.3) is 0 Å². The molecule has 0 aromatic heterocycles. The average molecular weight is 245 g/mol. The molecule has 0 spiro atoms. The predicted octanol–water partition coefficient (Wildman–Crippen LogP) is 1.97. The monoisotopic (exact) mass is 245 g/mol. The van der Waals surface area contributed by atoms with Gasteiger partial charge in [-0.1, -0.05) is 6.92 Å². The second kappa shape index (κ2) is 7.19. The molecule has 0 aliphatic rings. The van der Waals surface area contributed by atoms with Crippen LogP contribution in [0.2, 0.25) is 0 Å². The third kappa shape index (κ3) is 4.66. The van der Waals surface area contributed by atoms with Gasteiger partial charge in [-0.15, -0.1) is 0 Å². The molecule has 1 unspecified atom stereocenters. The Hall–Kier alpha value is -1.20. The molecule has 1 N–H and O–H groups in total. The van der Waals surface area contributed by atoms with Crippen LogP contribution in [0.15, 0.2) is 18.2 Å². The van der Waals surface area contributed by atoms with E-state index in [0.717, 1.165) is 18.7 Å². The molecule has 96 valence electrons. The van der Waals surface area contributed by atoms with Gasteiger partial charge < -0.3 is 14.8 Å². The highest BCUT2D eigenvalue weighted by atomic mass is 19.2. The lowest BCUT2D eigenvalue weighted by molar-refractivity contribution is 0.0806. The van der Waals surface area contributed by atoms with Crippen molar-refractivity contribution in [2.24, 2.45) is 0 Å². The molecule has 1 aromatic carbocycles. The van der Waals surface area contributed by atoms with Crippen LogP contribution in [0.4, 0.5) is 8.78 Å². The van der Waals surface area contributed by atoms with Gasteiger partial charge in [0.15, 0.2) is 11.6 Å². The molecule has 0 saturated carbocycles. The Balaban J connectivity index is 2.61. The summed E-state index contributed by atoms with van der Waals surface area (Å²) in [6, 6.07) is 3.47. The minimum absolute atomic E-state index is 0.232. The zero-order valence-electron chi connectivity index (χ0n) is 10.0. The van der Waals surface area contributed by atoms with E-state index < -0.39 is 11.6 Å². The van der Waals surface area contributed by atoms with Crippen molar-refractivity contribution >= 4 is 0 Å². The highest BCUT2D eigenvalue weighted by Gasteiger charge is 2.11. The highest BCUT2D eigenvalue weighted by Crippen LogP contribution is 2.16. The first-order valence-corrected chi connectivity index (χ1v) is 5.48. The fourth-order valence-corrected chi connectivity index (χ4v) is 1.37. The second-order valence-electron chi connectivity index (χ2n) is 3.58. The lowest BCUT2D eigenvalue weighted by Gasteiger charge is -2.18. The molecule has 0 aliphatic carbocycles. The van der Waals surface area contributed by atoms with Crippen LogP contribution in [0.3, 0.4) is 0 Å². The van der Waals surface area contributed by atoms with Gasteiger partial charge in [0, 0.05) is 19.7 Å². The molecule has 0 bridgehead atoms. The summed E-state index contributed by atoms with van der Waals surface area (Å²) in [5.41, 5.74) is 0. The van der Waals surface area contributed by atoms with Gasteiger partial charge in [0.2, 0.25) is 0 Å². The number of halogens is 2. The molecule has 1 aromatic rings. The number of nitrogens with one attached hydrogen (secondary N) is 1. The van der Waals surface area contributed by atoms with Gasteiger partial charge in [-0.05, 0) is 18.7 Å². The van der Waals surface area contributed by atoms with Gasteiger partial charge in [-0.3, -0.25) is 0 Å². The summed E-state index contributed by atoms with van der Waals surface area (Å²) in [6.45, 7) is 3.75. The number of rotatable bonds is 7. The van der Waals surface area contributed by atoms with Crippen LogP contribution in [0, 0.1) is 11.6 Å². The van der Waals surface area contributed by atoms with Crippen molar-refractivity contribution in [2.45, 2.75) is 13.0 Å². The van der Waals surface area contributed by atoms with Crippen LogP contribution < -0.4 is 10.1 Å². The van der Waals surface area contributed by atoms with Gasteiger partial charge in [-0.2, -0.15) is 0 Å². The first-order chi connectivity index (χ1) is 8.17. The van der Waals surface area contributed by atoms with Gasteiger partial charge in [-0.25, -0.2) is 8.78 Å². The van der Waals surface area contributed by atoms with E-state index in [-0.39, 0.29) is 6.10 Å². The van der Waals surface area contributed by atoms with E-state index in [9.17, 15) is 8.78 Å². The maximum Gasteiger partial charge on any atom is 0.162 e. The Bertz CT molecular complexity index is 347. The maximum atomic E-state index is 13.0. The molecule has 1 atom stereocenters. The van der Waals surface area contributed by atoms with Crippen molar-refractivity contribution in [3.05, 3.63) is 29.8 Å². The molecule has 0 saturated heterocycles. The van der Waals surface area contributed by atoms with Crippen molar-refractivity contribution in [1.29, 1.82) is 0 Å². The average Bonchev–Trinajstić information content (AvgIpc) is 2.31. The van der Waals surface area contributed by atoms with E-state index in [0.29, 0.717) is 18.9 Å². The number of hydrogen-bond donors (Lipinski definition) is 1. The van der Waals surface area contributed by atoms with E-state index in [1.165, 1.54) is 6.07 Å². The lowest BCUT2D eigenvalue weighted by atomic mass is 10.3. The number of methoxy groups -OCH3 is 1. The third-order valence-corrected chi connectivity index (χ3v) is 2.17. The van der Waals surface area contributed by atoms with Crippen LogP contribution in [-0.4, -0.2) is 32.9 Å². The minimum atomic E-state index is -0.915. The first kappa shape index (κ1) is 13.9. The Morgan fingerprint density at radius 1 is 1.29 bits per heavy atom. The van der Waals surface area contributed by atoms with E-state index in [1.54, 1.807) is 7.11 Å². The largest absolute Gasteiger partial charge is 0.487 e. The van der Waals surface area contributed by atoms with Crippen molar-refractivity contribution in [3.8, 4) is 5.75 Å². The Morgan fingerprint density at radius 3 is 2.65 bits per heavy atom. The zero-order valence-corrected chi connectivity index (χ0v) is 10.0. The molecule has 1 rings (SSSR count). The molecule has 17 heavy (non-hydrogen) atoms. The molecule has 0 heterocycles. The number of ether oxygens (including phenoxy) is 2. The predicted molar refractivity (Wildman–Crippen MR) is 61.2 cm³/mol. The number of benzene rings is 1. The summed E-state index contributed by atoms with van der Waals surface area (Å²) in [5, 5.41) is 3.11. The molecule has 3 nitrogen and oxygen atoms in total. The van der Waals surface area contributed by atoms with Crippen LogP contribution in [0.5, 0.6) is 5.75 Å². The summed E-state index contributed by atoms with van der Waals surface area (Å²) < 4.78 is 36.2. The molecule has 0 radical (unpaired) electrons. The molecule has 0 fully saturated rings. The molecule has 5 heteroatoms. The van der Waals surface area contributed by atoms with Gasteiger partial charge in [0.05, 0.1) is 6.61 Å². The molecular formula is C12H17F2NO2. The summed E-state index contributed by atoms with van der Waals surface area (Å²) in [5.74, 6) is -1.50. The van der Waals surface area contributed by atoms with Gasteiger partial charge in [0.1, 0.15) is 11.9 Å². The quantitative estimate of drug-likeness (QED) is 0.796. The SMILES string of the molecule is CCNCC(COC)Oc1ccc(F)c(F)c1. The normalized spacial score (nSPS) is 12.5. The fraction of sp³-hybridized carbons (Fsp3) is 0.500. The van der Waals surface area contributed by atoms with Crippen molar-refractivity contribution in [3.63, 3.8) is 0 Å². The topological polar surface area (TPSA) is 30.5 Å². The molecule has 0 aliphatic heterocycles. The molecular weight excluding hydrogens is 228 g/mol. The van der Waals surface area contributed by atoms with Crippen molar-refractivity contribution in [2.75, 3.05) is 26.8 Å². The number of likely N-dealkylation sites (N-methyl/N-ethyl adjacent to an activating group) is 1. The number of hydrogen-bond acceptors (Lipinski definition) is 3. The Labute approximate surface area is 99.7 Å². The fourth-order valence-electron chi connectivity index (χ4n) is 1.37. The van der Waals surface area contributed by atoms with Gasteiger partial charge >= 0.3 is 0 Å². The van der Waals surface area contributed by atoms with E-state index in [1.807, 2.05) is 6.92 Å². The molecule has 0 amide bonds. The van der Waals surface area contributed by atoms with E-state index in [2.05, 4.69) is 5.32 Å². The van der Waals surface area contributed by atoms with Crippen LogP contribution in [0.1, 0.15) is 6.92 Å². The van der Waals surface area contributed by atoms with Crippen LogP contribution in [-0.2, 0) is 4.74 Å².